The van der Waals surface area contributed by atoms with E-state index in [1.54, 1.807) is 6.07 Å². The Labute approximate surface area is 166 Å². The smallest absolute Gasteiger partial charge is 0.295 e. The summed E-state index contributed by atoms with van der Waals surface area (Å²) in [5, 5.41) is 12.0. The highest BCUT2D eigenvalue weighted by molar-refractivity contribution is 5.79. The molecule has 1 aliphatic carbocycles. The zero-order chi connectivity index (χ0) is 19.7. The van der Waals surface area contributed by atoms with Gasteiger partial charge in [-0.2, -0.15) is 0 Å². The zero-order valence-corrected chi connectivity index (χ0v) is 16.5. The normalized spacial score (nSPS) is 14.9. The van der Waals surface area contributed by atoms with Gasteiger partial charge in [-0.05, 0) is 32.3 Å². The SMILES string of the molecule is Cc1ccc(-c2cc([N+](=O)[O-])c(-c3ccc(C)cc3)n2C2CCCCC2)cc1. The Morgan fingerprint density at radius 2 is 1.39 bits per heavy atom. The van der Waals surface area contributed by atoms with Gasteiger partial charge in [0.1, 0.15) is 5.69 Å². The number of aryl methyl sites for hydroxylation is 2. The maximum Gasteiger partial charge on any atom is 0.295 e. The zero-order valence-electron chi connectivity index (χ0n) is 16.5. The summed E-state index contributed by atoms with van der Waals surface area (Å²) in [5.41, 5.74) is 6.19. The van der Waals surface area contributed by atoms with Gasteiger partial charge in [-0.3, -0.25) is 10.1 Å². The standard InChI is InChI=1S/C24H26N2O2/c1-17-8-12-19(13-9-17)22-16-23(26(27)28)24(20-14-10-18(2)11-15-20)25(22)21-6-4-3-5-7-21/h8-16,21H,3-7H2,1-2H3. The highest BCUT2D eigenvalue weighted by Gasteiger charge is 2.30. The fraction of sp³-hybridized carbons (Fsp3) is 0.333. The predicted molar refractivity (Wildman–Crippen MR) is 114 cm³/mol. The molecule has 4 heteroatoms. The lowest BCUT2D eigenvalue weighted by Crippen LogP contribution is -2.15. The Morgan fingerprint density at radius 1 is 0.857 bits per heavy atom. The molecule has 2 aromatic carbocycles. The van der Waals surface area contributed by atoms with Gasteiger partial charge in [0, 0.05) is 17.7 Å². The molecule has 4 rings (SSSR count). The van der Waals surface area contributed by atoms with Crippen molar-refractivity contribution in [3.63, 3.8) is 0 Å². The molecule has 1 aromatic heterocycles. The maximum absolute atomic E-state index is 12.0. The highest BCUT2D eigenvalue weighted by atomic mass is 16.6. The fourth-order valence-corrected chi connectivity index (χ4v) is 4.31. The van der Waals surface area contributed by atoms with E-state index in [2.05, 4.69) is 35.8 Å². The van der Waals surface area contributed by atoms with Crippen molar-refractivity contribution in [2.24, 2.45) is 0 Å². The van der Waals surface area contributed by atoms with Gasteiger partial charge >= 0.3 is 0 Å². The molecule has 144 valence electrons. The number of hydrogen-bond donors (Lipinski definition) is 0. The van der Waals surface area contributed by atoms with Crippen LogP contribution < -0.4 is 0 Å². The third-order valence-electron chi connectivity index (χ3n) is 5.83. The largest absolute Gasteiger partial charge is 0.332 e. The van der Waals surface area contributed by atoms with Crippen molar-refractivity contribution in [3.8, 4) is 22.5 Å². The van der Waals surface area contributed by atoms with Crippen LogP contribution in [0.3, 0.4) is 0 Å². The van der Waals surface area contributed by atoms with Crippen LogP contribution in [-0.4, -0.2) is 9.49 Å². The van der Waals surface area contributed by atoms with Crippen molar-refractivity contribution in [3.05, 3.63) is 75.8 Å². The number of hydrogen-bond acceptors (Lipinski definition) is 2. The summed E-state index contributed by atoms with van der Waals surface area (Å²) in [6.07, 6.45) is 5.75. The van der Waals surface area contributed by atoms with Crippen LogP contribution >= 0.6 is 0 Å². The monoisotopic (exact) mass is 374 g/mol. The first-order valence-electron chi connectivity index (χ1n) is 10.1. The Kier molecular flexibility index (Phi) is 5.03. The lowest BCUT2D eigenvalue weighted by molar-refractivity contribution is -0.384. The van der Waals surface area contributed by atoms with Crippen LogP contribution in [-0.2, 0) is 0 Å². The third-order valence-corrected chi connectivity index (χ3v) is 5.83. The summed E-state index contributed by atoms with van der Waals surface area (Å²) in [6, 6.07) is 18.5. The molecule has 3 aromatic rings. The van der Waals surface area contributed by atoms with Crippen LogP contribution in [0.2, 0.25) is 0 Å². The molecule has 0 radical (unpaired) electrons. The maximum atomic E-state index is 12.0. The second-order valence-electron chi connectivity index (χ2n) is 7.91. The minimum atomic E-state index is -0.230. The molecular weight excluding hydrogens is 348 g/mol. The van der Waals surface area contributed by atoms with E-state index in [1.165, 1.54) is 24.8 Å². The van der Waals surface area contributed by atoms with E-state index in [-0.39, 0.29) is 10.6 Å². The molecule has 1 aliphatic rings. The van der Waals surface area contributed by atoms with Crippen LogP contribution in [0.15, 0.2) is 54.6 Å². The third kappa shape index (κ3) is 3.47. The molecular formula is C24H26N2O2. The minimum absolute atomic E-state index is 0.199. The van der Waals surface area contributed by atoms with Crippen molar-refractivity contribution < 1.29 is 4.92 Å². The Bertz CT molecular complexity index is 979. The molecule has 0 saturated heterocycles. The number of aromatic nitrogens is 1. The summed E-state index contributed by atoms with van der Waals surface area (Å²) in [5.74, 6) is 0. The summed E-state index contributed by atoms with van der Waals surface area (Å²) >= 11 is 0. The Morgan fingerprint density at radius 3 is 1.93 bits per heavy atom. The van der Waals surface area contributed by atoms with Gasteiger partial charge in [-0.25, -0.2) is 0 Å². The molecule has 0 atom stereocenters. The van der Waals surface area contributed by atoms with Gasteiger partial charge in [0.05, 0.1) is 10.6 Å². The van der Waals surface area contributed by atoms with Crippen molar-refractivity contribution in [2.45, 2.75) is 52.0 Å². The van der Waals surface area contributed by atoms with Gasteiger partial charge in [0.2, 0.25) is 0 Å². The molecule has 1 heterocycles. The van der Waals surface area contributed by atoms with E-state index >= 15 is 0 Å². The van der Waals surface area contributed by atoms with Crippen molar-refractivity contribution >= 4 is 5.69 Å². The molecule has 0 unspecified atom stereocenters. The Balaban J connectivity index is 1.97. The van der Waals surface area contributed by atoms with Gasteiger partial charge in [-0.15, -0.1) is 0 Å². The lowest BCUT2D eigenvalue weighted by atomic mass is 9.94. The van der Waals surface area contributed by atoms with E-state index in [1.807, 2.05) is 31.2 Å². The molecule has 0 amide bonds. The first-order valence-corrected chi connectivity index (χ1v) is 10.1. The molecule has 1 fully saturated rings. The van der Waals surface area contributed by atoms with Crippen molar-refractivity contribution in [1.82, 2.24) is 4.57 Å². The summed E-state index contributed by atoms with van der Waals surface area (Å²) in [4.78, 5) is 11.8. The quantitative estimate of drug-likeness (QED) is 0.370. The molecule has 28 heavy (non-hydrogen) atoms. The second-order valence-corrected chi connectivity index (χ2v) is 7.91. The average molecular weight is 374 g/mol. The van der Waals surface area contributed by atoms with E-state index < -0.39 is 0 Å². The van der Waals surface area contributed by atoms with E-state index in [0.29, 0.717) is 6.04 Å². The van der Waals surface area contributed by atoms with E-state index in [4.69, 9.17) is 0 Å². The average Bonchev–Trinajstić information content (AvgIpc) is 3.11. The molecule has 0 N–H and O–H groups in total. The van der Waals surface area contributed by atoms with Crippen molar-refractivity contribution in [2.75, 3.05) is 0 Å². The lowest BCUT2D eigenvalue weighted by Gasteiger charge is -2.27. The van der Waals surface area contributed by atoms with Gasteiger partial charge < -0.3 is 4.57 Å². The summed E-state index contributed by atoms with van der Waals surface area (Å²) in [7, 11) is 0. The number of rotatable bonds is 4. The minimum Gasteiger partial charge on any atom is -0.332 e. The number of nitro groups is 1. The van der Waals surface area contributed by atoms with Gasteiger partial charge in [0.25, 0.3) is 5.69 Å². The van der Waals surface area contributed by atoms with Gasteiger partial charge in [-0.1, -0.05) is 78.9 Å². The number of nitrogens with zero attached hydrogens (tertiary/aromatic N) is 2. The first-order chi connectivity index (χ1) is 13.5. The van der Waals surface area contributed by atoms with Crippen LogP contribution in [0.4, 0.5) is 5.69 Å². The van der Waals surface area contributed by atoms with Crippen molar-refractivity contribution in [1.29, 1.82) is 0 Å². The van der Waals surface area contributed by atoms with Gasteiger partial charge in [0.15, 0.2) is 0 Å². The molecule has 1 saturated carbocycles. The van der Waals surface area contributed by atoms with E-state index in [9.17, 15) is 10.1 Å². The van der Waals surface area contributed by atoms with Crippen LogP contribution in [0.25, 0.3) is 22.5 Å². The van der Waals surface area contributed by atoms with Crippen LogP contribution in [0.1, 0.15) is 49.3 Å². The summed E-state index contributed by atoms with van der Waals surface area (Å²) < 4.78 is 2.26. The topological polar surface area (TPSA) is 48.1 Å². The van der Waals surface area contributed by atoms with E-state index in [0.717, 1.165) is 40.9 Å². The molecule has 0 spiro atoms. The summed E-state index contributed by atoms with van der Waals surface area (Å²) in [6.45, 7) is 4.10. The fourth-order valence-electron chi connectivity index (χ4n) is 4.31. The number of benzene rings is 2. The first kappa shape index (κ1) is 18.5. The molecule has 0 bridgehead atoms. The Hall–Kier alpha value is -2.88. The predicted octanol–water partition coefficient (Wildman–Crippen LogP) is 6.85. The molecule has 4 nitrogen and oxygen atoms in total. The van der Waals surface area contributed by atoms with Crippen LogP contribution in [0, 0.1) is 24.0 Å². The second kappa shape index (κ2) is 7.63. The highest BCUT2D eigenvalue weighted by Crippen LogP contribution is 2.43. The van der Waals surface area contributed by atoms with Crippen LogP contribution in [0.5, 0.6) is 0 Å². The molecule has 0 aliphatic heterocycles.